The zero-order valence-corrected chi connectivity index (χ0v) is 7.86. The summed E-state index contributed by atoms with van der Waals surface area (Å²) in [5.41, 5.74) is 0.162. The van der Waals surface area contributed by atoms with Crippen molar-refractivity contribution < 1.29 is 19.1 Å². The molecule has 0 aliphatic carbocycles. The number of nitrogens with one attached hydrogen (secondary N) is 1. The van der Waals surface area contributed by atoms with E-state index in [9.17, 15) is 9.67 Å². The van der Waals surface area contributed by atoms with Crippen LogP contribution in [0.15, 0.2) is 24.3 Å². The number of para-hydroxylation sites is 2. The molecule has 0 bridgehead atoms. The molecule has 1 atom stereocenters. The fraction of sp³-hybridized carbons (Fsp3) is 0.143. The van der Waals surface area contributed by atoms with Gasteiger partial charge in [-0.2, -0.15) is 0 Å². The number of hydrogen-bond donors (Lipinski definition) is 3. The van der Waals surface area contributed by atoms with Gasteiger partial charge in [-0.05, 0) is 12.1 Å². The van der Waals surface area contributed by atoms with E-state index < -0.39 is 7.75 Å². The number of rotatable bonds is 3. The molecule has 0 amide bonds. The molecular formula is C7H10NO4P. The Hall–Kier alpha value is -1.03. The molecule has 1 unspecified atom stereocenters. The third-order valence-electron chi connectivity index (χ3n) is 1.41. The van der Waals surface area contributed by atoms with Gasteiger partial charge in [0.15, 0.2) is 0 Å². The van der Waals surface area contributed by atoms with E-state index >= 15 is 0 Å². The minimum atomic E-state index is -3.83. The van der Waals surface area contributed by atoms with Gasteiger partial charge >= 0.3 is 7.75 Å². The van der Waals surface area contributed by atoms with Crippen molar-refractivity contribution in [2.45, 2.75) is 0 Å². The Balaban J connectivity index is 2.86. The highest BCUT2D eigenvalue weighted by Crippen LogP contribution is 2.42. The Bertz CT molecular complexity index is 341. The van der Waals surface area contributed by atoms with Crippen molar-refractivity contribution in [3.63, 3.8) is 0 Å². The summed E-state index contributed by atoms with van der Waals surface area (Å²) >= 11 is 0. The fourth-order valence-corrected chi connectivity index (χ4v) is 1.35. The van der Waals surface area contributed by atoms with Crippen LogP contribution in [0.1, 0.15) is 0 Å². The van der Waals surface area contributed by atoms with Gasteiger partial charge in [0.2, 0.25) is 0 Å². The van der Waals surface area contributed by atoms with Crippen LogP contribution in [0.25, 0.3) is 0 Å². The number of aromatic hydroxyl groups is 1. The monoisotopic (exact) mass is 203 g/mol. The molecule has 0 heterocycles. The molecule has 13 heavy (non-hydrogen) atoms. The van der Waals surface area contributed by atoms with Crippen molar-refractivity contribution in [3.8, 4) is 5.75 Å². The second-order valence-electron chi connectivity index (χ2n) is 2.33. The predicted octanol–water partition coefficient (Wildman–Crippen LogP) is 1.55. The van der Waals surface area contributed by atoms with Crippen LogP contribution in [-0.4, -0.2) is 17.1 Å². The molecule has 0 radical (unpaired) electrons. The molecule has 3 N–H and O–H groups in total. The van der Waals surface area contributed by atoms with Crippen LogP contribution in [0, 0.1) is 0 Å². The Morgan fingerprint density at radius 1 is 1.46 bits per heavy atom. The van der Waals surface area contributed by atoms with E-state index in [-0.39, 0.29) is 11.4 Å². The molecule has 1 rings (SSSR count). The zero-order valence-electron chi connectivity index (χ0n) is 6.97. The third kappa shape index (κ3) is 2.73. The van der Waals surface area contributed by atoms with E-state index in [1.165, 1.54) is 12.1 Å². The second-order valence-corrected chi connectivity index (χ2v) is 3.96. The maximum atomic E-state index is 11.0. The Morgan fingerprint density at radius 2 is 2.08 bits per heavy atom. The first kappa shape index (κ1) is 10.1. The number of phenols is 1. The van der Waals surface area contributed by atoms with Gasteiger partial charge in [0, 0.05) is 7.11 Å². The molecule has 5 nitrogen and oxygen atoms in total. The minimum Gasteiger partial charge on any atom is -0.506 e. The van der Waals surface area contributed by atoms with Crippen molar-refractivity contribution >= 4 is 13.4 Å². The average Bonchev–Trinajstić information content (AvgIpc) is 2.09. The molecule has 0 aromatic heterocycles. The summed E-state index contributed by atoms with van der Waals surface area (Å²) in [5, 5.41) is 11.4. The van der Waals surface area contributed by atoms with Gasteiger partial charge in [-0.15, -0.1) is 0 Å². The molecule has 0 saturated heterocycles. The van der Waals surface area contributed by atoms with Crippen LogP contribution in [0.5, 0.6) is 5.75 Å². The summed E-state index contributed by atoms with van der Waals surface area (Å²) in [5.74, 6) is -0.103. The van der Waals surface area contributed by atoms with Crippen molar-refractivity contribution in [2.24, 2.45) is 0 Å². The molecule has 0 saturated carbocycles. The van der Waals surface area contributed by atoms with Gasteiger partial charge in [0.1, 0.15) is 5.75 Å². The zero-order chi connectivity index (χ0) is 9.90. The minimum absolute atomic E-state index is 0.103. The fourth-order valence-electron chi connectivity index (χ4n) is 0.766. The lowest BCUT2D eigenvalue weighted by molar-refractivity contribution is 0.321. The van der Waals surface area contributed by atoms with Gasteiger partial charge in [0.25, 0.3) is 0 Å². The molecule has 72 valence electrons. The van der Waals surface area contributed by atoms with Crippen molar-refractivity contribution in [3.05, 3.63) is 24.3 Å². The molecule has 1 aromatic carbocycles. The maximum Gasteiger partial charge on any atom is 0.429 e. The van der Waals surface area contributed by atoms with E-state index in [1.807, 2.05) is 0 Å². The molecule has 0 spiro atoms. The first-order chi connectivity index (χ1) is 6.05. The van der Waals surface area contributed by atoms with E-state index in [0.29, 0.717) is 0 Å². The lowest BCUT2D eigenvalue weighted by Crippen LogP contribution is -1.97. The number of anilines is 1. The first-order valence-corrected chi connectivity index (χ1v) is 5.08. The highest BCUT2D eigenvalue weighted by molar-refractivity contribution is 7.54. The first-order valence-electron chi connectivity index (χ1n) is 3.50. The number of benzene rings is 1. The summed E-state index contributed by atoms with van der Waals surface area (Å²) < 4.78 is 15.3. The molecule has 0 aliphatic heterocycles. The molecule has 0 aliphatic rings. The van der Waals surface area contributed by atoms with Crippen molar-refractivity contribution in [2.75, 3.05) is 12.2 Å². The van der Waals surface area contributed by atoms with Crippen molar-refractivity contribution in [1.29, 1.82) is 0 Å². The van der Waals surface area contributed by atoms with Gasteiger partial charge in [0.05, 0.1) is 5.69 Å². The maximum absolute atomic E-state index is 11.0. The van der Waals surface area contributed by atoms with Crippen LogP contribution in [0.3, 0.4) is 0 Å². The molecule has 1 aromatic rings. The lowest BCUT2D eigenvalue weighted by Gasteiger charge is -2.12. The number of phenolic OH excluding ortho intramolecular Hbond substituents is 1. The van der Waals surface area contributed by atoms with E-state index in [4.69, 9.17) is 4.89 Å². The van der Waals surface area contributed by atoms with Crippen molar-refractivity contribution in [1.82, 2.24) is 0 Å². The van der Waals surface area contributed by atoms with Gasteiger partial charge in [-0.3, -0.25) is 9.61 Å². The Labute approximate surface area is 75.6 Å². The second kappa shape index (κ2) is 3.79. The molecule has 0 fully saturated rings. The third-order valence-corrected chi connectivity index (χ3v) is 2.43. The smallest absolute Gasteiger partial charge is 0.429 e. The lowest BCUT2D eigenvalue weighted by atomic mass is 10.3. The predicted molar refractivity (Wildman–Crippen MR) is 48.6 cm³/mol. The highest BCUT2D eigenvalue weighted by atomic mass is 31.2. The summed E-state index contributed by atoms with van der Waals surface area (Å²) in [6, 6.07) is 6.10. The number of hydrogen-bond acceptors (Lipinski definition) is 3. The largest absolute Gasteiger partial charge is 0.506 e. The van der Waals surface area contributed by atoms with Gasteiger partial charge in [-0.1, -0.05) is 12.1 Å². The summed E-state index contributed by atoms with van der Waals surface area (Å²) in [6.07, 6.45) is 0. The van der Waals surface area contributed by atoms with Crippen LogP contribution < -0.4 is 5.09 Å². The molecule has 6 heteroatoms. The van der Waals surface area contributed by atoms with Crippen LogP contribution in [0.4, 0.5) is 5.69 Å². The van der Waals surface area contributed by atoms with Gasteiger partial charge < -0.3 is 10.00 Å². The Kier molecular flexibility index (Phi) is 2.93. The topological polar surface area (TPSA) is 78.8 Å². The summed E-state index contributed by atoms with van der Waals surface area (Å²) in [4.78, 5) is 9.01. The summed E-state index contributed by atoms with van der Waals surface area (Å²) in [7, 11) is -2.73. The highest BCUT2D eigenvalue weighted by Gasteiger charge is 2.17. The van der Waals surface area contributed by atoms with Crippen LogP contribution >= 0.6 is 7.75 Å². The van der Waals surface area contributed by atoms with E-state index in [0.717, 1.165) is 7.11 Å². The average molecular weight is 203 g/mol. The SMILES string of the molecule is COP(=O)(O)Nc1ccccc1O. The van der Waals surface area contributed by atoms with E-state index in [2.05, 4.69) is 9.61 Å². The van der Waals surface area contributed by atoms with Crippen LogP contribution in [-0.2, 0) is 9.09 Å². The van der Waals surface area contributed by atoms with E-state index in [1.54, 1.807) is 12.1 Å². The van der Waals surface area contributed by atoms with Crippen LogP contribution in [0.2, 0.25) is 0 Å². The van der Waals surface area contributed by atoms with Gasteiger partial charge in [-0.25, -0.2) is 4.57 Å². The normalized spacial score (nSPS) is 14.9. The molecular weight excluding hydrogens is 193 g/mol. The summed E-state index contributed by atoms with van der Waals surface area (Å²) in [6.45, 7) is 0. The Morgan fingerprint density at radius 3 is 2.62 bits per heavy atom. The standard InChI is InChI=1S/C7H10NO4P/c1-12-13(10,11)8-6-4-2-3-5-7(6)9/h2-5,9H,1H3,(H2,8,10,11). The quantitative estimate of drug-likeness (QED) is 0.513.